The number of carboxylic acid groups (broad SMARTS) is 1. The standard InChI is InChI=1S/C61H65N7O8/c1-57(2,3)76-56(75)64-51(38-50-40-68(43-63-50)61(47-30-18-9-19-31-47,48-32-20-10-21-33-48)49-34-22-11-23-35-49)54(73)66-58(4,5)55(74)67-59(42-69,41-62-39-53(71)72)37-36-52(70)65-60(44-24-12-6-13-25-44,45-26-14-7-15-27-45)46-28-16-8-17-29-46/h6-35,40,42-43,51,62H,36-39,41H2,1-5H3,(H,64,75)(H,65,70)(H,66,73)(H,67,74)(H,71,72). The minimum Gasteiger partial charge on any atom is -0.480 e. The topological polar surface area (TPSA) is 210 Å². The number of benzene rings is 6. The molecular weight excluding hydrogens is 959 g/mol. The zero-order valence-corrected chi connectivity index (χ0v) is 43.4. The summed E-state index contributed by atoms with van der Waals surface area (Å²) in [5, 5.41) is 23.7. The van der Waals surface area contributed by atoms with E-state index in [9.17, 15) is 33.9 Å². The van der Waals surface area contributed by atoms with Crippen LogP contribution in [0.1, 0.15) is 86.5 Å². The summed E-state index contributed by atoms with van der Waals surface area (Å²) >= 11 is 0. The number of hydrogen-bond acceptors (Lipinski definition) is 9. The van der Waals surface area contributed by atoms with Gasteiger partial charge in [-0.1, -0.05) is 182 Å². The number of carbonyl (C=O) groups excluding carboxylic acids is 5. The molecule has 0 saturated carbocycles. The maximum Gasteiger partial charge on any atom is 0.408 e. The second-order valence-electron chi connectivity index (χ2n) is 20.2. The summed E-state index contributed by atoms with van der Waals surface area (Å²) in [5.74, 6) is -3.31. The number of alkyl carbamates (subject to hydrolysis) is 1. The second kappa shape index (κ2) is 24.1. The highest BCUT2D eigenvalue weighted by atomic mass is 16.6. The Morgan fingerprint density at radius 3 is 1.46 bits per heavy atom. The average Bonchev–Trinajstić information content (AvgIpc) is 3.92. The van der Waals surface area contributed by atoms with E-state index in [1.165, 1.54) is 13.8 Å². The molecule has 0 spiro atoms. The molecule has 1 heterocycles. The van der Waals surface area contributed by atoms with Crippen molar-refractivity contribution < 1.29 is 38.6 Å². The minimum absolute atomic E-state index is 0.146. The molecule has 0 bridgehead atoms. The lowest BCUT2D eigenvalue weighted by Gasteiger charge is -2.38. The molecule has 392 valence electrons. The Balaban J connectivity index is 1.16. The second-order valence-corrected chi connectivity index (χ2v) is 20.2. The Labute approximate surface area is 443 Å². The van der Waals surface area contributed by atoms with Crippen LogP contribution in [0.2, 0.25) is 0 Å². The molecule has 4 amide bonds. The zero-order valence-electron chi connectivity index (χ0n) is 43.4. The molecule has 0 saturated heterocycles. The molecule has 15 nitrogen and oxygen atoms in total. The molecule has 15 heteroatoms. The maximum absolute atomic E-state index is 14.6. The predicted octanol–water partition coefficient (Wildman–Crippen LogP) is 7.67. The van der Waals surface area contributed by atoms with E-state index < -0.39 is 70.1 Å². The number of amides is 4. The molecule has 0 aliphatic carbocycles. The molecule has 0 radical (unpaired) electrons. The van der Waals surface area contributed by atoms with Gasteiger partial charge < -0.3 is 45.8 Å². The van der Waals surface area contributed by atoms with E-state index in [2.05, 4.69) is 26.6 Å². The SMILES string of the molecule is CC(C)(C)OC(=O)NC(Cc1cn(C(c2ccccc2)(c2ccccc2)c2ccccc2)cn1)C(=O)NC(C)(C)C(=O)NC(C=O)(CCC(=O)NC(c1ccccc1)(c1ccccc1)c1ccccc1)CNCC(=O)O. The van der Waals surface area contributed by atoms with Gasteiger partial charge in [-0.05, 0) is 74.4 Å². The average molecular weight is 1020 g/mol. The summed E-state index contributed by atoms with van der Waals surface area (Å²) in [4.78, 5) is 87.0. The van der Waals surface area contributed by atoms with Crippen LogP contribution in [0, 0.1) is 0 Å². The molecule has 2 atom stereocenters. The van der Waals surface area contributed by atoms with E-state index in [1.807, 2.05) is 193 Å². The molecule has 7 rings (SSSR count). The summed E-state index contributed by atoms with van der Waals surface area (Å²) in [6.07, 6.45) is 2.36. The van der Waals surface area contributed by atoms with Crippen molar-refractivity contribution in [3.8, 4) is 0 Å². The maximum atomic E-state index is 14.6. The molecule has 76 heavy (non-hydrogen) atoms. The Bertz CT molecular complexity index is 2870. The van der Waals surface area contributed by atoms with E-state index in [0.717, 1.165) is 33.4 Å². The van der Waals surface area contributed by atoms with E-state index in [4.69, 9.17) is 9.72 Å². The quantitative estimate of drug-likeness (QED) is 0.0272. The summed E-state index contributed by atoms with van der Waals surface area (Å²) in [7, 11) is 0. The number of aldehydes is 1. The summed E-state index contributed by atoms with van der Waals surface area (Å²) < 4.78 is 7.57. The van der Waals surface area contributed by atoms with E-state index in [1.54, 1.807) is 27.1 Å². The first kappa shape index (κ1) is 55.1. The summed E-state index contributed by atoms with van der Waals surface area (Å²) in [6, 6.07) is 56.9. The third-order valence-corrected chi connectivity index (χ3v) is 13.1. The number of aliphatic carboxylic acids is 1. The third kappa shape index (κ3) is 13.0. The predicted molar refractivity (Wildman–Crippen MR) is 290 cm³/mol. The number of imidazole rings is 1. The van der Waals surface area contributed by atoms with Gasteiger partial charge in [0.25, 0.3) is 0 Å². The van der Waals surface area contributed by atoms with Crippen molar-refractivity contribution in [2.75, 3.05) is 13.1 Å². The molecule has 0 aliphatic heterocycles. The van der Waals surface area contributed by atoms with Gasteiger partial charge in [0.05, 0.1) is 18.6 Å². The van der Waals surface area contributed by atoms with Crippen LogP contribution in [-0.4, -0.2) is 86.5 Å². The van der Waals surface area contributed by atoms with Gasteiger partial charge in [-0.3, -0.25) is 19.2 Å². The normalized spacial score (nSPS) is 13.0. The first-order valence-corrected chi connectivity index (χ1v) is 25.1. The van der Waals surface area contributed by atoms with Crippen molar-refractivity contribution in [1.82, 2.24) is 36.1 Å². The lowest BCUT2D eigenvalue weighted by Crippen LogP contribution is -2.65. The van der Waals surface area contributed by atoms with Crippen molar-refractivity contribution in [3.05, 3.63) is 234 Å². The van der Waals surface area contributed by atoms with Gasteiger partial charge >= 0.3 is 12.1 Å². The minimum atomic E-state index is -1.86. The highest BCUT2D eigenvalue weighted by molar-refractivity contribution is 5.95. The first-order valence-electron chi connectivity index (χ1n) is 25.1. The Morgan fingerprint density at radius 1 is 0.618 bits per heavy atom. The number of hydrogen-bond donors (Lipinski definition) is 6. The number of carboxylic acids is 1. The Hall–Kier alpha value is -8.69. The number of aromatic nitrogens is 2. The number of rotatable bonds is 23. The number of ether oxygens (including phenoxy) is 1. The van der Waals surface area contributed by atoms with Crippen molar-refractivity contribution in [1.29, 1.82) is 0 Å². The molecular formula is C61H65N7O8. The van der Waals surface area contributed by atoms with Crippen LogP contribution < -0.4 is 26.6 Å². The molecule has 1 aromatic heterocycles. The first-order chi connectivity index (χ1) is 36.4. The van der Waals surface area contributed by atoms with Crippen LogP contribution in [0.5, 0.6) is 0 Å². The Kier molecular flexibility index (Phi) is 17.5. The van der Waals surface area contributed by atoms with Gasteiger partial charge in [-0.25, -0.2) is 9.78 Å². The third-order valence-electron chi connectivity index (χ3n) is 13.1. The van der Waals surface area contributed by atoms with Gasteiger partial charge in [0.2, 0.25) is 17.7 Å². The van der Waals surface area contributed by atoms with Crippen LogP contribution in [0.15, 0.2) is 195 Å². The largest absolute Gasteiger partial charge is 0.480 e. The lowest BCUT2D eigenvalue weighted by atomic mass is 9.76. The van der Waals surface area contributed by atoms with Crippen LogP contribution in [0.25, 0.3) is 0 Å². The van der Waals surface area contributed by atoms with Crippen LogP contribution in [0.4, 0.5) is 4.79 Å². The summed E-state index contributed by atoms with van der Waals surface area (Å²) in [5.41, 5.74) is -1.13. The fourth-order valence-electron chi connectivity index (χ4n) is 9.45. The molecule has 0 fully saturated rings. The van der Waals surface area contributed by atoms with Crippen LogP contribution >= 0.6 is 0 Å². The van der Waals surface area contributed by atoms with Gasteiger partial charge in [0, 0.05) is 25.6 Å². The van der Waals surface area contributed by atoms with Gasteiger partial charge in [0.1, 0.15) is 40.1 Å². The molecule has 6 aromatic carbocycles. The fourth-order valence-corrected chi connectivity index (χ4v) is 9.45. The molecule has 6 N–H and O–H groups in total. The number of carbonyl (C=O) groups is 6. The summed E-state index contributed by atoms with van der Waals surface area (Å²) in [6.45, 7) is 6.97. The van der Waals surface area contributed by atoms with Crippen molar-refractivity contribution in [2.24, 2.45) is 0 Å². The molecule has 2 unspecified atom stereocenters. The van der Waals surface area contributed by atoms with E-state index >= 15 is 0 Å². The monoisotopic (exact) mass is 1020 g/mol. The van der Waals surface area contributed by atoms with Gasteiger partial charge in [-0.15, -0.1) is 0 Å². The van der Waals surface area contributed by atoms with Crippen molar-refractivity contribution in [2.45, 2.75) is 87.7 Å². The number of nitrogens with one attached hydrogen (secondary N) is 5. The highest BCUT2D eigenvalue weighted by Gasteiger charge is 2.43. The zero-order chi connectivity index (χ0) is 54.4. The van der Waals surface area contributed by atoms with Crippen molar-refractivity contribution >= 4 is 36.1 Å². The fraction of sp³-hybridized carbons (Fsp3) is 0.262. The highest BCUT2D eigenvalue weighted by Crippen LogP contribution is 2.41. The van der Waals surface area contributed by atoms with Crippen molar-refractivity contribution in [3.63, 3.8) is 0 Å². The molecule has 7 aromatic rings. The smallest absolute Gasteiger partial charge is 0.408 e. The van der Waals surface area contributed by atoms with Gasteiger partial charge in [-0.2, -0.15) is 0 Å². The van der Waals surface area contributed by atoms with E-state index in [-0.39, 0.29) is 25.8 Å². The van der Waals surface area contributed by atoms with Crippen LogP contribution in [0.3, 0.4) is 0 Å². The lowest BCUT2D eigenvalue weighted by molar-refractivity contribution is -0.137. The molecule has 0 aliphatic rings. The number of nitrogens with zero attached hydrogens (tertiary/aromatic N) is 2. The van der Waals surface area contributed by atoms with Crippen LogP contribution in [-0.2, 0) is 46.2 Å². The van der Waals surface area contributed by atoms with Gasteiger partial charge in [0.15, 0.2) is 0 Å². The Morgan fingerprint density at radius 2 is 1.05 bits per heavy atom. The van der Waals surface area contributed by atoms with E-state index in [0.29, 0.717) is 12.0 Å².